The quantitative estimate of drug-likeness (QED) is 0.362. The van der Waals surface area contributed by atoms with E-state index in [1.807, 2.05) is 64.1 Å². The van der Waals surface area contributed by atoms with Crippen LogP contribution in [0, 0.1) is 0 Å². The molecule has 0 aromatic heterocycles. The monoisotopic (exact) mass is 439 g/mol. The van der Waals surface area contributed by atoms with E-state index in [-0.39, 0.29) is 25.2 Å². The van der Waals surface area contributed by atoms with Crippen molar-refractivity contribution in [3.63, 3.8) is 0 Å². The van der Waals surface area contributed by atoms with Crippen LogP contribution in [0.5, 0.6) is 11.5 Å². The molecule has 172 valence electrons. The van der Waals surface area contributed by atoms with Gasteiger partial charge in [0, 0.05) is 19.2 Å². The Bertz CT molecular complexity index is 919. The number of hydrogen-bond acceptors (Lipinski definition) is 5. The molecule has 0 fully saturated rings. The second-order valence-corrected chi connectivity index (χ2v) is 7.26. The van der Waals surface area contributed by atoms with E-state index >= 15 is 0 Å². The van der Waals surface area contributed by atoms with Gasteiger partial charge in [0.05, 0.1) is 6.61 Å². The van der Waals surface area contributed by atoms with Crippen molar-refractivity contribution in [2.75, 3.05) is 26.3 Å². The lowest BCUT2D eigenvalue weighted by molar-refractivity contribution is -0.145. The first-order valence-electron chi connectivity index (χ1n) is 11.0. The third-order valence-electron chi connectivity index (χ3n) is 5.04. The van der Waals surface area contributed by atoms with Gasteiger partial charge in [0.2, 0.25) is 5.91 Å². The Hall–Kier alpha value is -3.28. The van der Waals surface area contributed by atoms with Crippen molar-refractivity contribution >= 4 is 17.4 Å². The van der Waals surface area contributed by atoms with Crippen molar-refractivity contribution in [2.45, 2.75) is 40.7 Å². The molecule has 0 spiro atoms. The van der Waals surface area contributed by atoms with E-state index in [1.165, 1.54) is 0 Å². The number of rotatable bonds is 11. The summed E-state index contributed by atoms with van der Waals surface area (Å²) in [6.45, 7) is 10.8. The first-order chi connectivity index (χ1) is 15.4. The molecule has 0 saturated carbocycles. The average molecular weight is 440 g/mol. The molecule has 1 atom stereocenters. The topological polar surface area (TPSA) is 65.1 Å². The number of likely N-dealkylation sites (N-methyl/N-ethyl adjacent to an activating group) is 1. The lowest BCUT2D eigenvalue weighted by Gasteiger charge is -2.19. The van der Waals surface area contributed by atoms with Crippen LogP contribution in [0.25, 0.3) is 5.57 Å². The summed E-state index contributed by atoms with van der Waals surface area (Å²) in [4.78, 5) is 26.0. The van der Waals surface area contributed by atoms with Crippen LogP contribution in [0.1, 0.15) is 51.8 Å². The van der Waals surface area contributed by atoms with E-state index in [1.54, 1.807) is 30.0 Å². The summed E-state index contributed by atoms with van der Waals surface area (Å²) in [7, 11) is 0. The lowest BCUT2D eigenvalue weighted by Crippen LogP contribution is -2.28. The predicted molar refractivity (Wildman–Crippen MR) is 126 cm³/mol. The van der Waals surface area contributed by atoms with Gasteiger partial charge in [0.1, 0.15) is 6.10 Å². The smallest absolute Gasteiger partial charge is 0.344 e. The maximum Gasteiger partial charge on any atom is 0.344 e. The van der Waals surface area contributed by atoms with Gasteiger partial charge in [0.25, 0.3) is 0 Å². The zero-order valence-corrected chi connectivity index (χ0v) is 19.6. The second kappa shape index (κ2) is 12.5. The van der Waals surface area contributed by atoms with Crippen LogP contribution in [0.3, 0.4) is 0 Å². The number of carbonyl (C=O) groups excluding carboxylic acids is 2. The fourth-order valence-corrected chi connectivity index (χ4v) is 3.18. The number of benzene rings is 2. The number of nitrogens with zero attached hydrogens (tertiary/aromatic N) is 1. The van der Waals surface area contributed by atoms with Crippen LogP contribution in [0.4, 0.5) is 0 Å². The zero-order valence-electron chi connectivity index (χ0n) is 19.6. The van der Waals surface area contributed by atoms with E-state index in [9.17, 15) is 9.59 Å². The van der Waals surface area contributed by atoms with Crippen LogP contribution in [-0.2, 0) is 14.3 Å². The van der Waals surface area contributed by atoms with Crippen LogP contribution in [0.15, 0.2) is 54.6 Å². The normalized spacial score (nSPS) is 12.1. The standard InChI is InChI=1S/C26H33NO5/c1-6-27(7-2)25(28)16-19(4)22-14-15-23(24(17-22)31-18-26(29)30-8-3)32-20(5)21-12-10-9-11-13-21/h9-17,20H,6-8,18H2,1-5H3/b19-16-. The Labute approximate surface area is 190 Å². The molecule has 0 radical (unpaired) electrons. The maximum atomic E-state index is 12.5. The first-order valence-corrected chi connectivity index (χ1v) is 11.0. The molecule has 0 saturated heterocycles. The fourth-order valence-electron chi connectivity index (χ4n) is 3.18. The zero-order chi connectivity index (χ0) is 23.5. The molecule has 2 aromatic rings. The highest BCUT2D eigenvalue weighted by atomic mass is 16.6. The van der Waals surface area contributed by atoms with Gasteiger partial charge in [-0.15, -0.1) is 0 Å². The number of amides is 1. The van der Waals surface area contributed by atoms with Crippen molar-refractivity contribution in [1.29, 1.82) is 0 Å². The molecule has 0 heterocycles. The molecule has 0 aliphatic carbocycles. The Morgan fingerprint density at radius 3 is 2.31 bits per heavy atom. The van der Waals surface area contributed by atoms with Crippen LogP contribution in [0.2, 0.25) is 0 Å². The van der Waals surface area contributed by atoms with Gasteiger partial charge in [-0.1, -0.05) is 36.4 Å². The largest absolute Gasteiger partial charge is 0.482 e. The first kappa shape index (κ1) is 25.0. The van der Waals surface area contributed by atoms with E-state index in [0.717, 1.165) is 16.7 Å². The Morgan fingerprint density at radius 2 is 1.69 bits per heavy atom. The van der Waals surface area contributed by atoms with Gasteiger partial charge in [-0.2, -0.15) is 0 Å². The third-order valence-corrected chi connectivity index (χ3v) is 5.04. The summed E-state index contributed by atoms with van der Waals surface area (Å²) >= 11 is 0. The van der Waals surface area contributed by atoms with E-state index < -0.39 is 5.97 Å². The van der Waals surface area contributed by atoms with Crippen molar-refractivity contribution in [2.24, 2.45) is 0 Å². The number of carbonyl (C=O) groups is 2. The Kier molecular flexibility index (Phi) is 9.79. The molecule has 32 heavy (non-hydrogen) atoms. The van der Waals surface area contributed by atoms with E-state index in [4.69, 9.17) is 14.2 Å². The van der Waals surface area contributed by atoms with Crippen molar-refractivity contribution in [3.05, 3.63) is 65.7 Å². The maximum absolute atomic E-state index is 12.5. The Balaban J connectivity index is 2.30. The molecule has 0 aliphatic rings. The van der Waals surface area contributed by atoms with Crippen LogP contribution >= 0.6 is 0 Å². The minimum Gasteiger partial charge on any atom is -0.482 e. The third kappa shape index (κ3) is 7.15. The summed E-state index contributed by atoms with van der Waals surface area (Å²) in [5.41, 5.74) is 2.63. The summed E-state index contributed by atoms with van der Waals surface area (Å²) in [5, 5.41) is 0. The van der Waals surface area contributed by atoms with Crippen molar-refractivity contribution < 1.29 is 23.8 Å². The van der Waals surface area contributed by atoms with Crippen LogP contribution < -0.4 is 9.47 Å². The van der Waals surface area contributed by atoms with E-state index in [2.05, 4.69) is 0 Å². The molecule has 6 heteroatoms. The second-order valence-electron chi connectivity index (χ2n) is 7.26. The molecule has 0 N–H and O–H groups in total. The minimum absolute atomic E-state index is 0.0421. The number of hydrogen-bond donors (Lipinski definition) is 0. The van der Waals surface area contributed by atoms with Gasteiger partial charge >= 0.3 is 5.97 Å². The summed E-state index contributed by atoms with van der Waals surface area (Å²) in [6, 6.07) is 15.3. The van der Waals surface area contributed by atoms with Gasteiger partial charge in [-0.3, -0.25) is 4.79 Å². The van der Waals surface area contributed by atoms with Gasteiger partial charge in [-0.25, -0.2) is 4.79 Å². The molecule has 0 bridgehead atoms. The van der Waals surface area contributed by atoms with Gasteiger partial charge < -0.3 is 19.1 Å². The molecular formula is C26H33NO5. The summed E-state index contributed by atoms with van der Waals surface area (Å²) in [5.74, 6) is 0.432. The van der Waals surface area contributed by atoms with Gasteiger partial charge in [0.15, 0.2) is 18.1 Å². The number of esters is 1. The minimum atomic E-state index is -0.455. The fraction of sp³-hybridized carbons (Fsp3) is 0.385. The summed E-state index contributed by atoms with van der Waals surface area (Å²) < 4.78 is 16.9. The highest BCUT2D eigenvalue weighted by Crippen LogP contribution is 2.34. The molecule has 6 nitrogen and oxygen atoms in total. The van der Waals surface area contributed by atoms with Crippen molar-refractivity contribution in [3.8, 4) is 11.5 Å². The molecule has 2 aromatic carbocycles. The highest BCUT2D eigenvalue weighted by molar-refractivity contribution is 5.95. The predicted octanol–water partition coefficient (Wildman–Crippen LogP) is 5.04. The SMILES string of the molecule is CCOC(=O)COc1cc(/C(C)=C\C(=O)N(CC)CC)ccc1OC(C)c1ccccc1. The lowest BCUT2D eigenvalue weighted by atomic mass is 10.1. The summed E-state index contributed by atoms with van der Waals surface area (Å²) in [6.07, 6.45) is 1.40. The van der Waals surface area contributed by atoms with Crippen molar-refractivity contribution in [1.82, 2.24) is 4.90 Å². The Morgan fingerprint density at radius 1 is 1.00 bits per heavy atom. The number of ether oxygens (including phenoxy) is 3. The highest BCUT2D eigenvalue weighted by Gasteiger charge is 2.15. The number of allylic oxidation sites excluding steroid dienone is 1. The molecular weight excluding hydrogens is 406 g/mol. The molecule has 1 amide bonds. The van der Waals surface area contributed by atoms with E-state index in [0.29, 0.717) is 24.6 Å². The molecule has 0 aliphatic heterocycles. The molecule has 2 rings (SSSR count). The van der Waals surface area contributed by atoms with Gasteiger partial charge in [-0.05, 0) is 63.5 Å². The molecule has 1 unspecified atom stereocenters. The van der Waals surface area contributed by atoms with Crippen LogP contribution in [-0.4, -0.2) is 43.1 Å². The average Bonchev–Trinajstić information content (AvgIpc) is 2.79.